The van der Waals surface area contributed by atoms with Crippen molar-refractivity contribution in [3.8, 4) is 0 Å². The summed E-state index contributed by atoms with van der Waals surface area (Å²) < 4.78 is 5.60. The number of thioether (sulfide) groups is 1. The Labute approximate surface area is 106 Å². The van der Waals surface area contributed by atoms with Crippen molar-refractivity contribution >= 4 is 16.9 Å². The van der Waals surface area contributed by atoms with Gasteiger partial charge in [-0.2, -0.15) is 0 Å². The molecule has 98 valence electrons. The first kappa shape index (κ1) is 14.5. The second-order valence-electron chi connectivity index (χ2n) is 3.83. The first-order valence-corrected chi connectivity index (χ1v) is 6.57. The molecule has 0 saturated carbocycles. The molecule has 0 spiro atoms. The third-order valence-electron chi connectivity index (χ3n) is 2.53. The van der Waals surface area contributed by atoms with Crippen LogP contribution in [0.4, 0.5) is 0 Å². The van der Waals surface area contributed by atoms with Gasteiger partial charge in [0.15, 0.2) is 5.17 Å². The second kappa shape index (κ2) is 7.00. The molecule has 1 fully saturated rings. The van der Waals surface area contributed by atoms with Gasteiger partial charge < -0.3 is 20.7 Å². The van der Waals surface area contributed by atoms with E-state index in [0.717, 1.165) is 0 Å². The minimum absolute atomic E-state index is 0.173. The van der Waals surface area contributed by atoms with Gasteiger partial charge in [0.25, 0.3) is 0 Å². The molecule has 17 heavy (non-hydrogen) atoms. The number of rotatable bonds is 4. The Morgan fingerprint density at radius 3 is 3.00 bits per heavy atom. The molecule has 0 aromatic heterocycles. The van der Waals surface area contributed by atoms with Crippen LogP contribution in [0.3, 0.4) is 0 Å². The molecule has 0 radical (unpaired) electrons. The Hall–Kier alpha value is -0.560. The predicted molar refractivity (Wildman–Crippen MR) is 69.9 cm³/mol. The number of amidine groups is 1. The SMILES string of the molecule is C=CC(O)C1O[C@H](SC(N)=NCC)CC[C@@H]1O. The highest BCUT2D eigenvalue weighted by Crippen LogP contribution is 2.29. The molecular weight excluding hydrogens is 240 g/mol. The molecule has 0 bridgehead atoms. The fourth-order valence-corrected chi connectivity index (χ4v) is 2.57. The average molecular weight is 260 g/mol. The monoisotopic (exact) mass is 260 g/mol. The van der Waals surface area contributed by atoms with Crippen LogP contribution in [0.1, 0.15) is 19.8 Å². The molecule has 0 aromatic rings. The highest BCUT2D eigenvalue weighted by molar-refractivity contribution is 8.14. The van der Waals surface area contributed by atoms with E-state index >= 15 is 0 Å². The van der Waals surface area contributed by atoms with E-state index in [0.29, 0.717) is 24.6 Å². The third kappa shape index (κ3) is 4.31. The number of aliphatic hydroxyl groups is 2. The van der Waals surface area contributed by atoms with Crippen molar-refractivity contribution in [1.29, 1.82) is 0 Å². The van der Waals surface area contributed by atoms with E-state index in [-0.39, 0.29) is 5.44 Å². The van der Waals surface area contributed by atoms with E-state index in [9.17, 15) is 10.2 Å². The average Bonchev–Trinajstić information content (AvgIpc) is 2.31. The maximum Gasteiger partial charge on any atom is 0.156 e. The molecular formula is C11H20N2O3S. The van der Waals surface area contributed by atoms with Crippen molar-refractivity contribution in [3.05, 3.63) is 12.7 Å². The van der Waals surface area contributed by atoms with E-state index < -0.39 is 18.3 Å². The Morgan fingerprint density at radius 2 is 2.41 bits per heavy atom. The van der Waals surface area contributed by atoms with Gasteiger partial charge >= 0.3 is 0 Å². The maximum atomic E-state index is 9.72. The molecule has 6 heteroatoms. The van der Waals surface area contributed by atoms with Gasteiger partial charge in [-0.25, -0.2) is 0 Å². The van der Waals surface area contributed by atoms with Gasteiger partial charge in [0, 0.05) is 6.54 Å². The number of aliphatic imine (C=N–C) groups is 1. The fraction of sp³-hybridized carbons (Fsp3) is 0.727. The summed E-state index contributed by atoms with van der Waals surface area (Å²) in [6.07, 6.45) is 0.471. The van der Waals surface area contributed by atoms with Gasteiger partial charge in [-0.1, -0.05) is 17.8 Å². The smallest absolute Gasteiger partial charge is 0.156 e. The summed E-state index contributed by atoms with van der Waals surface area (Å²) in [6, 6.07) is 0. The largest absolute Gasteiger partial charge is 0.390 e. The molecule has 0 amide bonds. The van der Waals surface area contributed by atoms with Crippen LogP contribution in [-0.4, -0.2) is 45.7 Å². The summed E-state index contributed by atoms with van der Waals surface area (Å²) in [4.78, 5) is 4.06. The molecule has 0 aliphatic carbocycles. The number of hydrogen-bond donors (Lipinski definition) is 3. The molecule has 5 nitrogen and oxygen atoms in total. The molecule has 4 atom stereocenters. The van der Waals surface area contributed by atoms with Crippen LogP contribution in [0.5, 0.6) is 0 Å². The fourth-order valence-electron chi connectivity index (χ4n) is 1.66. The van der Waals surface area contributed by atoms with E-state index in [2.05, 4.69) is 11.6 Å². The Kier molecular flexibility index (Phi) is 5.97. The van der Waals surface area contributed by atoms with Crippen molar-refractivity contribution < 1.29 is 14.9 Å². The van der Waals surface area contributed by atoms with E-state index in [1.165, 1.54) is 17.8 Å². The first-order valence-electron chi connectivity index (χ1n) is 5.69. The second-order valence-corrected chi connectivity index (χ2v) is 5.01. The van der Waals surface area contributed by atoms with Gasteiger partial charge in [-0.3, -0.25) is 4.99 Å². The predicted octanol–water partition coefficient (Wildman–Crippen LogP) is 0.467. The Morgan fingerprint density at radius 1 is 1.71 bits per heavy atom. The number of ether oxygens (including phenoxy) is 1. The minimum Gasteiger partial charge on any atom is -0.390 e. The molecule has 4 N–H and O–H groups in total. The molecule has 0 aromatic carbocycles. The normalized spacial score (nSPS) is 32.2. The molecule has 2 unspecified atom stereocenters. The molecule has 1 aliphatic heterocycles. The van der Waals surface area contributed by atoms with Crippen molar-refractivity contribution in [1.82, 2.24) is 0 Å². The highest BCUT2D eigenvalue weighted by atomic mass is 32.2. The summed E-state index contributed by atoms with van der Waals surface area (Å²) >= 11 is 1.33. The topological polar surface area (TPSA) is 88.1 Å². The van der Waals surface area contributed by atoms with Gasteiger partial charge in [0.1, 0.15) is 17.6 Å². The number of hydrogen-bond acceptors (Lipinski definition) is 5. The van der Waals surface area contributed by atoms with Crippen molar-refractivity contribution in [3.63, 3.8) is 0 Å². The van der Waals surface area contributed by atoms with Crippen LogP contribution in [0.25, 0.3) is 0 Å². The third-order valence-corrected chi connectivity index (χ3v) is 3.51. The van der Waals surface area contributed by atoms with E-state index in [1.807, 2.05) is 6.92 Å². The van der Waals surface area contributed by atoms with Crippen LogP contribution in [-0.2, 0) is 4.74 Å². The number of aliphatic hydroxyl groups excluding tert-OH is 2. The Balaban J connectivity index is 2.55. The minimum atomic E-state index is -0.863. The molecule has 1 saturated heterocycles. The Bertz CT molecular complexity index is 286. The lowest BCUT2D eigenvalue weighted by Crippen LogP contribution is -2.45. The van der Waals surface area contributed by atoms with E-state index in [1.54, 1.807) is 0 Å². The molecule has 1 rings (SSSR count). The van der Waals surface area contributed by atoms with Crippen LogP contribution in [0.15, 0.2) is 17.6 Å². The van der Waals surface area contributed by atoms with Crippen LogP contribution < -0.4 is 5.73 Å². The first-order chi connectivity index (χ1) is 8.08. The summed E-state index contributed by atoms with van der Waals surface area (Å²) in [5.41, 5.74) is 5.52. The van der Waals surface area contributed by atoms with Gasteiger partial charge in [-0.05, 0) is 19.8 Å². The zero-order valence-corrected chi connectivity index (χ0v) is 10.8. The standard InChI is InChI=1S/C11H20N2O3S/c1-3-7(14)10-8(15)5-6-9(16-10)17-11(12)13-4-2/h3,7-10,14-15H,1,4-6H2,2H3,(H2,12,13)/t7?,8-,9+,10?/m0/s1. The van der Waals surface area contributed by atoms with Crippen molar-refractivity contribution in [2.45, 2.75) is 43.5 Å². The number of nitrogens with two attached hydrogens (primary N) is 1. The molecule has 1 heterocycles. The highest BCUT2D eigenvalue weighted by Gasteiger charge is 2.34. The quantitative estimate of drug-likeness (QED) is 0.388. The lowest BCUT2D eigenvalue weighted by Gasteiger charge is -2.35. The summed E-state index contributed by atoms with van der Waals surface area (Å²) in [5, 5.41) is 19.8. The summed E-state index contributed by atoms with van der Waals surface area (Å²) in [5.74, 6) is 0. The zero-order valence-electron chi connectivity index (χ0n) is 9.95. The van der Waals surface area contributed by atoms with Crippen molar-refractivity contribution in [2.24, 2.45) is 10.7 Å². The van der Waals surface area contributed by atoms with Crippen LogP contribution in [0.2, 0.25) is 0 Å². The summed E-state index contributed by atoms with van der Waals surface area (Å²) in [7, 11) is 0. The van der Waals surface area contributed by atoms with E-state index in [4.69, 9.17) is 10.5 Å². The van der Waals surface area contributed by atoms with Crippen molar-refractivity contribution in [2.75, 3.05) is 6.54 Å². The van der Waals surface area contributed by atoms with Gasteiger partial charge in [0.2, 0.25) is 0 Å². The van der Waals surface area contributed by atoms with Crippen LogP contribution >= 0.6 is 11.8 Å². The lowest BCUT2D eigenvalue weighted by atomic mass is 10.0. The zero-order chi connectivity index (χ0) is 12.8. The number of nitrogens with zero attached hydrogens (tertiary/aromatic N) is 1. The van der Waals surface area contributed by atoms with Crippen LogP contribution in [0, 0.1) is 0 Å². The maximum absolute atomic E-state index is 9.72. The lowest BCUT2D eigenvalue weighted by molar-refractivity contribution is -0.124. The summed E-state index contributed by atoms with van der Waals surface area (Å²) in [6.45, 7) is 6.03. The van der Waals surface area contributed by atoms with Gasteiger partial charge in [0.05, 0.1) is 6.10 Å². The molecule has 1 aliphatic rings. The van der Waals surface area contributed by atoms with Gasteiger partial charge in [-0.15, -0.1) is 6.58 Å².